The Morgan fingerprint density at radius 3 is 2.68 bits per heavy atom. The molecular weight excluding hydrogens is 264 g/mol. The number of sulfonamides is 1. The highest BCUT2D eigenvalue weighted by Crippen LogP contribution is 2.32. The highest BCUT2D eigenvalue weighted by molar-refractivity contribution is 7.90. The average molecular weight is 282 g/mol. The van der Waals surface area contributed by atoms with E-state index in [2.05, 4.69) is 0 Å². The monoisotopic (exact) mass is 282 g/mol. The lowest BCUT2D eigenvalue weighted by molar-refractivity contribution is 0.0857. The van der Waals surface area contributed by atoms with Gasteiger partial charge in [-0.3, -0.25) is 4.79 Å². The van der Waals surface area contributed by atoms with E-state index < -0.39 is 15.9 Å². The summed E-state index contributed by atoms with van der Waals surface area (Å²) in [5.74, 6) is -0.298. The molecule has 6 heteroatoms. The minimum atomic E-state index is -3.73. The number of carbonyl (C=O) groups is 1. The number of benzene rings is 1. The van der Waals surface area contributed by atoms with E-state index in [0.717, 1.165) is 17.1 Å². The van der Waals surface area contributed by atoms with Crippen LogP contribution in [0.1, 0.15) is 37.0 Å². The minimum absolute atomic E-state index is 0.0289. The van der Waals surface area contributed by atoms with E-state index in [1.54, 1.807) is 6.07 Å². The summed E-state index contributed by atoms with van der Waals surface area (Å²) in [6.45, 7) is 4.21. The van der Waals surface area contributed by atoms with Gasteiger partial charge in [-0.15, -0.1) is 0 Å². The predicted molar refractivity (Wildman–Crippen MR) is 73.1 cm³/mol. The maximum absolute atomic E-state index is 12.3. The number of fused-ring (bicyclic) bond motifs is 1. The fourth-order valence-corrected chi connectivity index (χ4v) is 4.06. The van der Waals surface area contributed by atoms with Crippen LogP contribution in [0.3, 0.4) is 0 Å². The molecule has 104 valence electrons. The molecule has 5 nitrogen and oxygen atoms in total. The van der Waals surface area contributed by atoms with Crippen LogP contribution in [0.2, 0.25) is 0 Å². The van der Waals surface area contributed by atoms with E-state index in [4.69, 9.17) is 5.73 Å². The van der Waals surface area contributed by atoms with Crippen molar-refractivity contribution in [3.63, 3.8) is 0 Å². The molecule has 1 atom stereocenters. The highest BCUT2D eigenvalue weighted by atomic mass is 32.2. The molecule has 0 saturated heterocycles. The molecule has 19 heavy (non-hydrogen) atoms. The number of carbonyl (C=O) groups excluding carboxylic acids is 1. The molecule has 0 saturated carbocycles. The van der Waals surface area contributed by atoms with Crippen molar-refractivity contribution in [1.29, 1.82) is 0 Å². The van der Waals surface area contributed by atoms with Gasteiger partial charge in [0.1, 0.15) is 4.90 Å². The van der Waals surface area contributed by atoms with Crippen LogP contribution in [-0.4, -0.2) is 25.2 Å². The number of nitrogen functional groups attached to an aromatic ring is 1. The summed E-state index contributed by atoms with van der Waals surface area (Å²) >= 11 is 0. The first kappa shape index (κ1) is 13.9. The summed E-state index contributed by atoms with van der Waals surface area (Å²) in [5.41, 5.74) is 6.16. The van der Waals surface area contributed by atoms with Gasteiger partial charge in [-0.05, 0) is 30.5 Å². The SMILES string of the molecule is CCCC(C)CN1C(=O)c2ccc(N)cc2S1(=O)=O. The molecule has 0 radical (unpaired) electrons. The fraction of sp³-hybridized carbons (Fsp3) is 0.462. The first-order valence-electron chi connectivity index (χ1n) is 6.34. The summed E-state index contributed by atoms with van der Waals surface area (Å²) in [7, 11) is -3.73. The lowest BCUT2D eigenvalue weighted by atomic mass is 10.1. The fourth-order valence-electron chi connectivity index (χ4n) is 2.34. The van der Waals surface area contributed by atoms with Crippen molar-refractivity contribution in [1.82, 2.24) is 4.31 Å². The topological polar surface area (TPSA) is 80.5 Å². The summed E-state index contributed by atoms with van der Waals surface area (Å²) in [6.07, 6.45) is 1.85. The lowest BCUT2D eigenvalue weighted by Gasteiger charge is -2.19. The van der Waals surface area contributed by atoms with Gasteiger partial charge < -0.3 is 5.73 Å². The second kappa shape index (κ2) is 4.85. The number of nitrogens with two attached hydrogens (primary N) is 1. The molecule has 1 heterocycles. The third-order valence-electron chi connectivity index (χ3n) is 3.29. The van der Waals surface area contributed by atoms with Crippen LogP contribution in [0.15, 0.2) is 23.1 Å². The lowest BCUT2D eigenvalue weighted by Crippen LogP contribution is -2.34. The normalized spacial score (nSPS) is 18.4. The van der Waals surface area contributed by atoms with E-state index >= 15 is 0 Å². The zero-order valence-electron chi connectivity index (χ0n) is 11.1. The molecular formula is C13H18N2O3S. The van der Waals surface area contributed by atoms with Crippen molar-refractivity contribution in [2.75, 3.05) is 12.3 Å². The average Bonchev–Trinajstić information content (AvgIpc) is 2.51. The predicted octanol–water partition coefficient (Wildman–Crippen LogP) is 1.85. The number of amides is 1. The molecule has 0 spiro atoms. The number of hydrogen-bond donors (Lipinski definition) is 1. The highest BCUT2D eigenvalue weighted by Gasteiger charge is 2.41. The van der Waals surface area contributed by atoms with Gasteiger partial charge in [0.15, 0.2) is 0 Å². The van der Waals surface area contributed by atoms with Crippen molar-refractivity contribution < 1.29 is 13.2 Å². The van der Waals surface area contributed by atoms with Gasteiger partial charge in [0, 0.05) is 12.2 Å². The number of hydrogen-bond acceptors (Lipinski definition) is 4. The van der Waals surface area contributed by atoms with Crippen molar-refractivity contribution in [3.8, 4) is 0 Å². The molecule has 2 N–H and O–H groups in total. The molecule has 0 aliphatic carbocycles. The van der Waals surface area contributed by atoms with Crippen LogP contribution in [-0.2, 0) is 10.0 Å². The number of anilines is 1. The second-order valence-corrected chi connectivity index (χ2v) is 6.82. The van der Waals surface area contributed by atoms with Crippen molar-refractivity contribution in [2.24, 2.45) is 5.92 Å². The van der Waals surface area contributed by atoms with Gasteiger partial charge >= 0.3 is 0 Å². The summed E-state index contributed by atoms with van der Waals surface area (Å²) < 4.78 is 25.6. The molecule has 1 amide bonds. The third kappa shape index (κ3) is 2.32. The van der Waals surface area contributed by atoms with E-state index in [1.165, 1.54) is 12.1 Å². The molecule has 1 unspecified atom stereocenters. The Hall–Kier alpha value is -1.56. The molecule has 0 fully saturated rings. The standard InChI is InChI=1S/C13H18N2O3S/c1-3-4-9(2)8-15-13(16)11-6-5-10(14)7-12(11)19(15,17)18/h5-7,9H,3-4,8,14H2,1-2H3. The Labute approximate surface area is 113 Å². The quantitative estimate of drug-likeness (QED) is 0.855. The van der Waals surface area contributed by atoms with Crippen LogP contribution in [0.5, 0.6) is 0 Å². The number of rotatable bonds is 4. The first-order chi connectivity index (χ1) is 8.87. The van der Waals surface area contributed by atoms with Gasteiger partial charge in [0.25, 0.3) is 15.9 Å². The van der Waals surface area contributed by atoms with Gasteiger partial charge in [0.05, 0.1) is 5.56 Å². The third-order valence-corrected chi connectivity index (χ3v) is 5.08. The molecule has 2 rings (SSSR count). The van der Waals surface area contributed by atoms with Gasteiger partial charge in [-0.1, -0.05) is 20.3 Å². The largest absolute Gasteiger partial charge is 0.399 e. The first-order valence-corrected chi connectivity index (χ1v) is 7.78. The van der Waals surface area contributed by atoms with Crippen LogP contribution >= 0.6 is 0 Å². The zero-order chi connectivity index (χ0) is 14.2. The molecule has 1 aliphatic heterocycles. The Morgan fingerprint density at radius 2 is 2.05 bits per heavy atom. The number of nitrogens with zero attached hydrogens (tertiary/aromatic N) is 1. The minimum Gasteiger partial charge on any atom is -0.399 e. The summed E-state index contributed by atoms with van der Waals surface area (Å²) in [6, 6.07) is 4.38. The van der Waals surface area contributed by atoms with E-state index in [9.17, 15) is 13.2 Å². The van der Waals surface area contributed by atoms with Crippen LogP contribution < -0.4 is 5.73 Å². The summed E-state index contributed by atoms with van der Waals surface area (Å²) in [4.78, 5) is 12.2. The van der Waals surface area contributed by atoms with Gasteiger partial charge in [-0.2, -0.15) is 0 Å². The van der Waals surface area contributed by atoms with Crippen molar-refractivity contribution >= 4 is 21.6 Å². The second-order valence-electron chi connectivity index (χ2n) is 4.99. The van der Waals surface area contributed by atoms with Crippen molar-refractivity contribution in [2.45, 2.75) is 31.6 Å². The molecule has 1 aromatic rings. The van der Waals surface area contributed by atoms with Crippen LogP contribution in [0.4, 0.5) is 5.69 Å². The maximum atomic E-state index is 12.3. The van der Waals surface area contributed by atoms with E-state index in [1.807, 2.05) is 13.8 Å². The Bertz CT molecular complexity index is 610. The smallest absolute Gasteiger partial charge is 0.269 e. The molecule has 0 bridgehead atoms. The van der Waals surface area contributed by atoms with E-state index in [0.29, 0.717) is 5.69 Å². The van der Waals surface area contributed by atoms with Crippen LogP contribution in [0.25, 0.3) is 0 Å². The van der Waals surface area contributed by atoms with Crippen LogP contribution in [0, 0.1) is 5.92 Å². The zero-order valence-corrected chi connectivity index (χ0v) is 11.9. The van der Waals surface area contributed by atoms with Gasteiger partial charge in [0.2, 0.25) is 0 Å². The van der Waals surface area contributed by atoms with Crippen molar-refractivity contribution in [3.05, 3.63) is 23.8 Å². The maximum Gasteiger partial charge on any atom is 0.269 e. The Balaban J connectivity index is 2.38. The molecule has 1 aromatic carbocycles. The Morgan fingerprint density at radius 1 is 1.37 bits per heavy atom. The molecule has 1 aliphatic rings. The summed E-state index contributed by atoms with van der Waals surface area (Å²) in [5, 5.41) is 0. The van der Waals surface area contributed by atoms with E-state index in [-0.39, 0.29) is 22.9 Å². The Kier molecular flexibility index (Phi) is 3.54. The van der Waals surface area contributed by atoms with Gasteiger partial charge in [-0.25, -0.2) is 12.7 Å². The molecule has 0 aromatic heterocycles.